The Morgan fingerprint density at radius 3 is 2.71 bits per heavy atom. The fraction of sp³-hybridized carbons (Fsp3) is 0.562. The third kappa shape index (κ3) is 3.74. The van der Waals surface area contributed by atoms with E-state index >= 15 is 0 Å². The molecule has 2 N–H and O–H groups in total. The number of rotatable bonds is 4. The zero-order chi connectivity index (χ0) is 14.8. The summed E-state index contributed by atoms with van der Waals surface area (Å²) in [7, 11) is 0. The number of piperidine rings is 1. The summed E-state index contributed by atoms with van der Waals surface area (Å²) >= 11 is 5.73. The van der Waals surface area contributed by atoms with Crippen molar-refractivity contribution < 1.29 is 9.18 Å². The summed E-state index contributed by atoms with van der Waals surface area (Å²) in [5.74, 6) is 0.124. The number of hydrogen-bond acceptors (Lipinski definition) is 2. The van der Waals surface area contributed by atoms with Gasteiger partial charge in [0, 0.05) is 25.0 Å². The van der Waals surface area contributed by atoms with Gasteiger partial charge in [-0.2, -0.15) is 0 Å². The zero-order valence-electron chi connectivity index (χ0n) is 11.9. The summed E-state index contributed by atoms with van der Waals surface area (Å²) in [6.45, 7) is 0.399. The average molecular weight is 311 g/mol. The minimum absolute atomic E-state index is 0.0711. The van der Waals surface area contributed by atoms with Crippen molar-refractivity contribution in [2.75, 3.05) is 0 Å². The zero-order valence-corrected chi connectivity index (χ0v) is 12.6. The molecule has 1 aromatic carbocycles. The number of nitrogens with one attached hydrogen (secondary N) is 2. The van der Waals surface area contributed by atoms with Crippen LogP contribution in [0.1, 0.15) is 37.7 Å². The first-order valence-electron chi connectivity index (χ1n) is 7.57. The van der Waals surface area contributed by atoms with E-state index in [0.29, 0.717) is 31.0 Å². The Morgan fingerprint density at radius 2 is 2.05 bits per heavy atom. The minimum Gasteiger partial charge on any atom is -0.352 e. The lowest BCUT2D eigenvalue weighted by molar-refractivity contribution is -0.122. The van der Waals surface area contributed by atoms with Gasteiger partial charge in [0.2, 0.25) is 5.91 Å². The molecule has 1 aromatic rings. The Labute approximate surface area is 129 Å². The van der Waals surface area contributed by atoms with E-state index in [2.05, 4.69) is 10.6 Å². The summed E-state index contributed by atoms with van der Waals surface area (Å²) in [5, 5.41) is 6.58. The predicted octanol–water partition coefficient (Wildman–Crippen LogP) is 3.02. The molecule has 0 aromatic heterocycles. The Hall–Kier alpha value is -1.13. The van der Waals surface area contributed by atoms with Gasteiger partial charge < -0.3 is 10.6 Å². The van der Waals surface area contributed by atoms with E-state index in [1.807, 2.05) is 0 Å². The number of carbonyl (C=O) groups is 1. The van der Waals surface area contributed by atoms with Gasteiger partial charge in [0.15, 0.2) is 0 Å². The van der Waals surface area contributed by atoms with Crippen molar-refractivity contribution in [1.29, 1.82) is 0 Å². The molecule has 5 heteroatoms. The molecule has 21 heavy (non-hydrogen) atoms. The van der Waals surface area contributed by atoms with Crippen LogP contribution in [0.4, 0.5) is 4.39 Å². The van der Waals surface area contributed by atoms with Crippen LogP contribution in [0.25, 0.3) is 0 Å². The largest absolute Gasteiger partial charge is 0.352 e. The van der Waals surface area contributed by atoms with Crippen molar-refractivity contribution in [2.24, 2.45) is 5.92 Å². The molecule has 2 fully saturated rings. The van der Waals surface area contributed by atoms with E-state index in [4.69, 9.17) is 11.6 Å². The Balaban J connectivity index is 1.47. The summed E-state index contributed by atoms with van der Waals surface area (Å²) in [6, 6.07) is 5.75. The number of amides is 1. The van der Waals surface area contributed by atoms with Gasteiger partial charge in [0.25, 0.3) is 0 Å². The van der Waals surface area contributed by atoms with Crippen LogP contribution in [0.5, 0.6) is 0 Å². The maximum absolute atomic E-state index is 13.1. The molecule has 0 radical (unpaired) electrons. The normalized spacial score (nSPS) is 27.6. The van der Waals surface area contributed by atoms with Crippen LogP contribution in [0.3, 0.4) is 0 Å². The highest BCUT2D eigenvalue weighted by Crippen LogP contribution is 2.32. The smallest absolute Gasteiger partial charge is 0.220 e. The molecule has 2 aliphatic heterocycles. The van der Waals surface area contributed by atoms with Crippen molar-refractivity contribution in [3.8, 4) is 0 Å². The molecule has 0 spiro atoms. The second-order valence-corrected chi connectivity index (χ2v) is 6.61. The summed E-state index contributed by atoms with van der Waals surface area (Å²) < 4.78 is 13.1. The van der Waals surface area contributed by atoms with Crippen LogP contribution in [-0.4, -0.2) is 18.0 Å². The van der Waals surface area contributed by atoms with Crippen molar-refractivity contribution in [2.45, 2.75) is 50.7 Å². The van der Waals surface area contributed by atoms with E-state index < -0.39 is 5.82 Å². The highest BCUT2D eigenvalue weighted by atomic mass is 35.5. The molecular formula is C16H20ClFN2O. The lowest BCUT2D eigenvalue weighted by Gasteiger charge is -2.28. The Morgan fingerprint density at radius 1 is 1.33 bits per heavy atom. The van der Waals surface area contributed by atoms with Crippen molar-refractivity contribution in [3.05, 3.63) is 34.6 Å². The third-order valence-electron chi connectivity index (χ3n) is 4.52. The monoisotopic (exact) mass is 310 g/mol. The molecule has 2 aliphatic rings. The molecule has 0 aliphatic carbocycles. The highest BCUT2D eigenvalue weighted by molar-refractivity contribution is 6.30. The second kappa shape index (κ2) is 6.32. The quantitative estimate of drug-likeness (QED) is 0.897. The Bertz CT molecular complexity index is 525. The van der Waals surface area contributed by atoms with Gasteiger partial charge in [0.1, 0.15) is 5.82 Å². The number of hydrogen-bond donors (Lipinski definition) is 2. The van der Waals surface area contributed by atoms with Crippen LogP contribution in [0, 0.1) is 11.7 Å². The second-order valence-electron chi connectivity index (χ2n) is 6.20. The van der Waals surface area contributed by atoms with E-state index in [1.165, 1.54) is 18.9 Å². The van der Waals surface area contributed by atoms with Gasteiger partial charge in [-0.25, -0.2) is 4.39 Å². The first-order valence-corrected chi connectivity index (χ1v) is 7.94. The van der Waals surface area contributed by atoms with Crippen molar-refractivity contribution in [1.82, 2.24) is 10.6 Å². The van der Waals surface area contributed by atoms with Crippen LogP contribution < -0.4 is 10.6 Å². The molecule has 2 bridgehead atoms. The molecule has 114 valence electrons. The highest BCUT2D eigenvalue weighted by Gasteiger charge is 2.34. The number of benzene rings is 1. The lowest BCUT2D eigenvalue weighted by atomic mass is 9.89. The van der Waals surface area contributed by atoms with Crippen LogP contribution in [-0.2, 0) is 11.3 Å². The van der Waals surface area contributed by atoms with Gasteiger partial charge in [-0.1, -0.05) is 17.7 Å². The summed E-state index contributed by atoms with van der Waals surface area (Å²) in [5.41, 5.74) is 0.820. The number of fused-ring (bicyclic) bond motifs is 2. The van der Waals surface area contributed by atoms with Gasteiger partial charge in [0.05, 0.1) is 5.02 Å². The summed E-state index contributed by atoms with van der Waals surface area (Å²) in [4.78, 5) is 12.0. The molecule has 0 saturated carbocycles. The number of carbonyl (C=O) groups excluding carboxylic acids is 1. The fourth-order valence-electron chi connectivity index (χ4n) is 3.53. The third-order valence-corrected chi connectivity index (χ3v) is 4.81. The van der Waals surface area contributed by atoms with Gasteiger partial charge in [-0.05, 0) is 49.3 Å². The average Bonchev–Trinajstić information content (AvgIpc) is 2.79. The topological polar surface area (TPSA) is 41.1 Å². The summed E-state index contributed by atoms with van der Waals surface area (Å²) in [6.07, 6.45) is 5.29. The van der Waals surface area contributed by atoms with Gasteiger partial charge in [-0.15, -0.1) is 0 Å². The van der Waals surface area contributed by atoms with E-state index in [1.54, 1.807) is 12.1 Å². The molecule has 3 nitrogen and oxygen atoms in total. The lowest BCUT2D eigenvalue weighted by Crippen LogP contribution is -2.39. The molecule has 2 heterocycles. The molecule has 2 unspecified atom stereocenters. The SMILES string of the molecule is O=C(CC1CC2CCC(C1)N2)NCc1ccc(F)c(Cl)c1. The molecule has 3 rings (SSSR count). The van der Waals surface area contributed by atoms with E-state index in [9.17, 15) is 9.18 Å². The van der Waals surface area contributed by atoms with Crippen LogP contribution >= 0.6 is 11.6 Å². The Kier molecular flexibility index (Phi) is 4.45. The first kappa shape index (κ1) is 14.8. The minimum atomic E-state index is -0.433. The fourth-order valence-corrected chi connectivity index (χ4v) is 3.73. The van der Waals surface area contributed by atoms with Crippen molar-refractivity contribution in [3.63, 3.8) is 0 Å². The molecular weight excluding hydrogens is 291 g/mol. The van der Waals surface area contributed by atoms with Crippen molar-refractivity contribution >= 4 is 17.5 Å². The van der Waals surface area contributed by atoms with Gasteiger partial charge >= 0.3 is 0 Å². The van der Waals surface area contributed by atoms with E-state index in [-0.39, 0.29) is 10.9 Å². The molecule has 2 saturated heterocycles. The standard InChI is InChI=1S/C16H20ClFN2O/c17-14-7-10(1-4-15(14)18)9-19-16(21)8-11-5-12-2-3-13(6-11)20-12/h1,4,7,11-13,20H,2-3,5-6,8-9H2,(H,19,21). The maximum Gasteiger partial charge on any atom is 0.220 e. The maximum atomic E-state index is 13.1. The van der Waals surface area contributed by atoms with E-state index in [0.717, 1.165) is 18.4 Å². The van der Waals surface area contributed by atoms with Crippen LogP contribution in [0.2, 0.25) is 5.02 Å². The van der Waals surface area contributed by atoms with Gasteiger partial charge in [-0.3, -0.25) is 4.79 Å². The molecule has 2 atom stereocenters. The first-order chi connectivity index (χ1) is 10.1. The molecule has 1 amide bonds. The number of halogens is 2. The predicted molar refractivity (Wildman–Crippen MR) is 80.5 cm³/mol. The van der Waals surface area contributed by atoms with Crippen LogP contribution in [0.15, 0.2) is 18.2 Å².